The Kier molecular flexibility index (Phi) is 8.55. The molecule has 0 saturated heterocycles. The van der Waals surface area contributed by atoms with Crippen LogP contribution in [0.1, 0.15) is 55.6 Å². The quantitative estimate of drug-likeness (QED) is 0.216. The first-order chi connectivity index (χ1) is 19.0. The number of amides is 2. The van der Waals surface area contributed by atoms with E-state index in [1.54, 1.807) is 45.0 Å². The summed E-state index contributed by atoms with van der Waals surface area (Å²) in [5.41, 5.74) is 0.554. The molecule has 0 atom stereocenters. The van der Waals surface area contributed by atoms with E-state index in [9.17, 15) is 18.8 Å². The van der Waals surface area contributed by atoms with Crippen LogP contribution in [0.3, 0.4) is 0 Å². The first-order valence-electron chi connectivity index (χ1n) is 12.0. The molecule has 2 aromatic heterocycles. The van der Waals surface area contributed by atoms with Crippen LogP contribution in [0.15, 0.2) is 47.0 Å². The molecule has 2 amide bonds. The van der Waals surface area contributed by atoms with Crippen molar-refractivity contribution in [2.24, 2.45) is 0 Å². The Morgan fingerprint density at radius 1 is 1.02 bits per heavy atom. The van der Waals surface area contributed by atoms with Gasteiger partial charge in [-0.1, -0.05) is 22.8 Å². The zero-order valence-electron chi connectivity index (χ0n) is 22.2. The van der Waals surface area contributed by atoms with Crippen molar-refractivity contribution in [2.75, 3.05) is 17.7 Å². The van der Waals surface area contributed by atoms with Gasteiger partial charge >= 0.3 is 5.97 Å². The number of nitrogens with one attached hydrogen (secondary N) is 2. The lowest BCUT2D eigenvalue weighted by Gasteiger charge is -2.11. The Morgan fingerprint density at radius 2 is 1.73 bits per heavy atom. The van der Waals surface area contributed by atoms with Gasteiger partial charge in [0.2, 0.25) is 0 Å². The molecule has 208 valence electrons. The fourth-order valence-electron chi connectivity index (χ4n) is 3.90. The van der Waals surface area contributed by atoms with Gasteiger partial charge in [-0.05, 0) is 69.7 Å². The number of thiophene rings is 1. The maximum Gasteiger partial charge on any atom is 0.341 e. The van der Waals surface area contributed by atoms with E-state index in [0.717, 1.165) is 11.3 Å². The largest absolute Gasteiger partial charge is 0.497 e. The van der Waals surface area contributed by atoms with Gasteiger partial charge in [-0.2, -0.15) is 0 Å². The highest BCUT2D eigenvalue weighted by molar-refractivity contribution is 7.19. The molecule has 4 aromatic rings. The van der Waals surface area contributed by atoms with Crippen LogP contribution in [-0.4, -0.2) is 36.2 Å². The maximum atomic E-state index is 14.7. The van der Waals surface area contributed by atoms with Crippen molar-refractivity contribution in [3.63, 3.8) is 0 Å². The van der Waals surface area contributed by atoms with E-state index < -0.39 is 29.7 Å². The minimum Gasteiger partial charge on any atom is -0.497 e. The minimum atomic E-state index is -0.741. The number of rotatable bonds is 8. The Morgan fingerprint density at radius 3 is 2.35 bits per heavy atom. The molecule has 2 aromatic carbocycles. The predicted molar refractivity (Wildman–Crippen MR) is 150 cm³/mol. The van der Waals surface area contributed by atoms with Crippen molar-refractivity contribution in [1.29, 1.82) is 0 Å². The molecule has 0 unspecified atom stereocenters. The van der Waals surface area contributed by atoms with Gasteiger partial charge in [-0.15, -0.1) is 11.3 Å². The van der Waals surface area contributed by atoms with Crippen molar-refractivity contribution in [3.05, 3.63) is 80.6 Å². The van der Waals surface area contributed by atoms with Crippen LogP contribution in [0.5, 0.6) is 5.75 Å². The van der Waals surface area contributed by atoms with E-state index in [2.05, 4.69) is 15.8 Å². The Balaban J connectivity index is 1.72. The molecule has 0 fully saturated rings. The third-order valence-corrected chi connectivity index (χ3v) is 7.29. The lowest BCUT2D eigenvalue weighted by molar-refractivity contribution is 0.0379. The molecule has 2 heterocycles. The highest BCUT2D eigenvalue weighted by atomic mass is 35.5. The average molecular weight is 586 g/mol. The molecule has 9 nitrogen and oxygen atoms in total. The molecule has 0 radical (unpaired) electrons. The summed E-state index contributed by atoms with van der Waals surface area (Å²) in [6, 6.07) is 10.8. The van der Waals surface area contributed by atoms with E-state index in [1.807, 2.05) is 0 Å². The van der Waals surface area contributed by atoms with E-state index in [-0.39, 0.29) is 43.0 Å². The number of hydrogen-bond acceptors (Lipinski definition) is 8. The third kappa shape index (κ3) is 5.85. The van der Waals surface area contributed by atoms with Gasteiger partial charge in [0.15, 0.2) is 0 Å². The third-order valence-electron chi connectivity index (χ3n) is 5.76. The minimum absolute atomic E-state index is 0.0199. The molecular weight excluding hydrogens is 561 g/mol. The summed E-state index contributed by atoms with van der Waals surface area (Å²) in [4.78, 5) is 40.0. The second-order valence-corrected chi connectivity index (χ2v) is 10.3. The summed E-state index contributed by atoms with van der Waals surface area (Å²) in [5, 5.41) is 9.40. The molecule has 12 heteroatoms. The molecule has 0 spiro atoms. The van der Waals surface area contributed by atoms with Crippen molar-refractivity contribution >= 4 is 51.4 Å². The highest BCUT2D eigenvalue weighted by Gasteiger charge is 2.30. The normalized spacial score (nSPS) is 10.9. The number of carbonyl (C=O) groups excluding carboxylic acids is 3. The summed E-state index contributed by atoms with van der Waals surface area (Å²) in [7, 11) is 1.53. The highest BCUT2D eigenvalue weighted by Crippen LogP contribution is 2.37. The Hall–Kier alpha value is -4.22. The van der Waals surface area contributed by atoms with Crippen molar-refractivity contribution in [2.45, 2.75) is 33.8 Å². The van der Waals surface area contributed by atoms with E-state index in [1.165, 1.54) is 32.2 Å². The number of esters is 1. The molecular formula is C28H25ClFN3O6S. The fourth-order valence-corrected chi connectivity index (χ4v) is 5.24. The van der Waals surface area contributed by atoms with Crippen LogP contribution in [-0.2, 0) is 4.74 Å². The van der Waals surface area contributed by atoms with Gasteiger partial charge < -0.3 is 24.6 Å². The van der Waals surface area contributed by atoms with Crippen molar-refractivity contribution in [1.82, 2.24) is 5.16 Å². The number of methoxy groups -OCH3 is 1. The van der Waals surface area contributed by atoms with Gasteiger partial charge in [0.1, 0.15) is 33.6 Å². The average Bonchev–Trinajstić information content (AvgIpc) is 3.43. The Labute approximate surface area is 238 Å². The number of aromatic nitrogens is 1. The summed E-state index contributed by atoms with van der Waals surface area (Å²) >= 11 is 7.10. The first-order valence-corrected chi connectivity index (χ1v) is 13.2. The summed E-state index contributed by atoms with van der Waals surface area (Å²) in [6.45, 7) is 6.43. The number of aryl methyl sites for hydroxylation is 1. The fraction of sp³-hybridized carbons (Fsp3) is 0.214. The summed E-state index contributed by atoms with van der Waals surface area (Å²) in [5.74, 6) is -1.93. The van der Waals surface area contributed by atoms with Crippen LogP contribution >= 0.6 is 22.9 Å². The molecule has 0 aliphatic heterocycles. The molecule has 0 aliphatic carbocycles. The van der Waals surface area contributed by atoms with Crippen LogP contribution in [0.4, 0.5) is 15.1 Å². The lowest BCUT2D eigenvalue weighted by Crippen LogP contribution is -2.18. The number of halogens is 2. The number of benzene rings is 2. The molecule has 2 N–H and O–H groups in total. The predicted octanol–water partition coefficient (Wildman–Crippen LogP) is 6.89. The first kappa shape index (κ1) is 28.8. The molecule has 0 bridgehead atoms. The second-order valence-electron chi connectivity index (χ2n) is 8.91. The van der Waals surface area contributed by atoms with Gasteiger partial charge in [-0.25, -0.2) is 9.18 Å². The Bertz CT molecular complexity index is 1580. The maximum absolute atomic E-state index is 14.7. The number of nitrogens with zero attached hydrogens (tertiary/aromatic N) is 1. The summed E-state index contributed by atoms with van der Waals surface area (Å²) < 4.78 is 30.4. The molecule has 40 heavy (non-hydrogen) atoms. The SMILES string of the molecule is COc1ccc(NC(=O)c2sc(NC(=O)c3c(-c4c(F)cccc4Cl)noc3C)c(C(=O)OC(C)C)c2C)cc1. The number of anilines is 2. The van der Waals surface area contributed by atoms with Gasteiger partial charge in [0.25, 0.3) is 11.8 Å². The van der Waals surface area contributed by atoms with Crippen molar-refractivity contribution in [3.8, 4) is 17.0 Å². The second kappa shape index (κ2) is 11.9. The number of hydrogen-bond donors (Lipinski definition) is 2. The molecule has 0 saturated carbocycles. The number of carbonyl (C=O) groups is 3. The van der Waals surface area contributed by atoms with Crippen LogP contribution < -0.4 is 15.4 Å². The van der Waals surface area contributed by atoms with Gasteiger partial charge in [0, 0.05) is 5.69 Å². The van der Waals surface area contributed by atoms with E-state index >= 15 is 0 Å². The van der Waals surface area contributed by atoms with Gasteiger partial charge in [-0.3, -0.25) is 9.59 Å². The molecule has 0 aliphatic rings. The van der Waals surface area contributed by atoms with Crippen LogP contribution in [0, 0.1) is 19.7 Å². The van der Waals surface area contributed by atoms with E-state index in [4.69, 9.17) is 25.6 Å². The number of ether oxygens (including phenoxy) is 2. The summed E-state index contributed by atoms with van der Waals surface area (Å²) in [6.07, 6.45) is -0.456. The standard InChI is InChI=1S/C28H25ClFN3O6S/c1-13(2)38-28(36)20-14(3)24(26(35)31-16-9-11-17(37-5)12-10-16)40-27(20)32-25(34)21-15(4)39-33-23(21)22-18(29)7-6-8-19(22)30/h6-13H,1-5H3,(H,31,35)(H,32,34). The zero-order chi connectivity index (χ0) is 29.1. The topological polar surface area (TPSA) is 120 Å². The monoisotopic (exact) mass is 585 g/mol. The lowest BCUT2D eigenvalue weighted by atomic mass is 10.0. The smallest absolute Gasteiger partial charge is 0.341 e. The van der Waals surface area contributed by atoms with Crippen LogP contribution in [0.2, 0.25) is 5.02 Å². The van der Waals surface area contributed by atoms with Crippen LogP contribution in [0.25, 0.3) is 11.3 Å². The molecule has 4 rings (SSSR count). The zero-order valence-corrected chi connectivity index (χ0v) is 23.8. The van der Waals surface area contributed by atoms with Crippen molar-refractivity contribution < 1.29 is 32.8 Å². The van der Waals surface area contributed by atoms with Gasteiger partial charge in [0.05, 0.1) is 34.2 Å². The van der Waals surface area contributed by atoms with E-state index in [0.29, 0.717) is 17.0 Å².